The molecule has 0 aliphatic heterocycles. The largest absolute Gasteiger partial charge is 0.542 e. The van der Waals surface area contributed by atoms with Gasteiger partial charge in [0, 0.05) is 5.56 Å². The molecule has 1 aromatic rings. The van der Waals surface area contributed by atoms with Crippen molar-refractivity contribution in [1.29, 1.82) is 0 Å². The van der Waals surface area contributed by atoms with E-state index in [-0.39, 0.29) is 16.2 Å². The second kappa shape index (κ2) is 24.2. The van der Waals surface area contributed by atoms with Crippen LogP contribution in [0.5, 0.6) is 5.75 Å². The molecule has 0 fully saturated rings. The minimum atomic E-state index is -3.84. The highest BCUT2D eigenvalue weighted by Crippen LogP contribution is 2.60. The van der Waals surface area contributed by atoms with Crippen LogP contribution in [0.4, 0.5) is 0 Å². The van der Waals surface area contributed by atoms with Crippen molar-refractivity contribution in [3.63, 3.8) is 0 Å². The Balaban J connectivity index is 0.00000105. The van der Waals surface area contributed by atoms with Crippen molar-refractivity contribution in [2.45, 2.75) is 244 Å². The van der Waals surface area contributed by atoms with E-state index in [0.29, 0.717) is 0 Å². The molecule has 0 heterocycles. The molecule has 1 unspecified atom stereocenters. The highest BCUT2D eigenvalue weighted by Gasteiger charge is 2.46. The van der Waals surface area contributed by atoms with E-state index in [4.69, 9.17) is 18.1 Å². The van der Waals surface area contributed by atoms with Gasteiger partial charge in [0.15, 0.2) is 5.75 Å². The van der Waals surface area contributed by atoms with Crippen molar-refractivity contribution in [3.05, 3.63) is 29.3 Å². The molecule has 1 atom stereocenters. The fourth-order valence-electron chi connectivity index (χ4n) is 8.34. The molecule has 0 N–H and O–H groups in total. The number of phosphoric ester groups is 1. The van der Waals surface area contributed by atoms with Crippen molar-refractivity contribution in [3.8, 4) is 5.75 Å². The molecule has 0 amide bonds. The second-order valence-corrected chi connectivity index (χ2v) is 23.1. The quantitative estimate of drug-likeness (QED) is 0.0725. The van der Waals surface area contributed by atoms with Crippen molar-refractivity contribution in [2.24, 2.45) is 16.2 Å². The average Bonchev–Trinajstić information content (AvgIpc) is 2.92. The van der Waals surface area contributed by atoms with E-state index >= 15 is 0 Å². The fourth-order valence-corrected chi connectivity index (χ4v) is 10.7. The molecular formula is C46H89O6P2+. The third-order valence-corrected chi connectivity index (χ3v) is 11.4. The van der Waals surface area contributed by atoms with E-state index in [1.165, 1.54) is 88.2 Å². The molecule has 0 saturated carbocycles. The number of hydrogen-bond acceptors (Lipinski definition) is 6. The van der Waals surface area contributed by atoms with E-state index in [1.54, 1.807) is 0 Å². The Kier molecular flexibility index (Phi) is 23.9. The van der Waals surface area contributed by atoms with Crippen LogP contribution in [0.25, 0.3) is 0 Å². The van der Waals surface area contributed by atoms with Gasteiger partial charge in [0.05, 0.1) is 16.8 Å². The molecule has 318 valence electrons. The van der Waals surface area contributed by atoms with Gasteiger partial charge in [-0.25, -0.2) is 4.57 Å². The zero-order valence-electron chi connectivity index (χ0n) is 38.6. The summed E-state index contributed by atoms with van der Waals surface area (Å²) in [4.78, 5) is 0. The van der Waals surface area contributed by atoms with E-state index in [9.17, 15) is 9.13 Å². The molecule has 1 aromatic carbocycles. The molecule has 0 bridgehead atoms. The molecule has 0 radical (unpaired) electrons. The van der Waals surface area contributed by atoms with Crippen molar-refractivity contribution >= 4 is 16.5 Å². The first kappa shape index (κ1) is 53.2. The Morgan fingerprint density at radius 3 is 1.22 bits per heavy atom. The number of unbranched alkanes of at least 4 members (excludes halogenated alkanes) is 10. The van der Waals surface area contributed by atoms with Crippen LogP contribution < -0.4 is 4.52 Å². The molecule has 0 aliphatic carbocycles. The zero-order valence-corrected chi connectivity index (χ0v) is 40.5. The normalized spacial score (nSPS) is 13.6. The third-order valence-electron chi connectivity index (χ3n) is 8.91. The van der Waals surface area contributed by atoms with Gasteiger partial charge >= 0.3 is 16.5 Å². The fraction of sp³-hybridized carbons (Fsp3) is 0.870. The highest BCUT2D eigenvalue weighted by atomic mass is 31.2. The monoisotopic (exact) mass is 800 g/mol. The lowest BCUT2D eigenvalue weighted by Crippen LogP contribution is -2.37. The van der Waals surface area contributed by atoms with Gasteiger partial charge in [-0.15, -0.1) is 0 Å². The summed E-state index contributed by atoms with van der Waals surface area (Å²) >= 11 is 0. The van der Waals surface area contributed by atoms with Gasteiger partial charge < -0.3 is 0 Å². The lowest BCUT2D eigenvalue weighted by atomic mass is 9.84. The van der Waals surface area contributed by atoms with Crippen molar-refractivity contribution in [2.75, 3.05) is 0 Å². The van der Waals surface area contributed by atoms with Crippen LogP contribution in [0, 0.1) is 16.2 Å². The van der Waals surface area contributed by atoms with Gasteiger partial charge in [0.1, 0.15) is 0 Å². The first-order valence-electron chi connectivity index (χ1n) is 21.4. The summed E-state index contributed by atoms with van der Waals surface area (Å²) in [7, 11) is -4.56. The molecule has 1 rings (SSSR count). The summed E-state index contributed by atoms with van der Waals surface area (Å²) < 4.78 is 49.1. The van der Waals surface area contributed by atoms with E-state index < -0.39 is 33.3 Å². The van der Waals surface area contributed by atoms with E-state index in [2.05, 4.69) is 82.2 Å². The average molecular weight is 800 g/mol. The summed E-state index contributed by atoms with van der Waals surface area (Å²) in [6.07, 6.45) is 20.1. The Bertz CT molecular complexity index is 1140. The molecule has 0 aliphatic rings. The minimum absolute atomic E-state index is 0.0240. The maximum absolute atomic E-state index is 14.1. The Morgan fingerprint density at radius 2 is 0.870 bits per heavy atom. The summed E-state index contributed by atoms with van der Waals surface area (Å²) in [6, 6.07) is 6.26. The Morgan fingerprint density at radius 1 is 0.519 bits per heavy atom. The van der Waals surface area contributed by atoms with Gasteiger partial charge in [0.25, 0.3) is 0 Å². The zero-order chi connectivity index (χ0) is 41.9. The van der Waals surface area contributed by atoms with E-state index in [1.807, 2.05) is 53.7 Å². The second-order valence-electron chi connectivity index (χ2n) is 21.3. The third kappa shape index (κ3) is 27.8. The van der Waals surface area contributed by atoms with Gasteiger partial charge in [0.2, 0.25) is 0 Å². The van der Waals surface area contributed by atoms with Gasteiger partial charge in [-0.1, -0.05) is 153 Å². The number of hydrogen-bond donors (Lipinski definition) is 0. The predicted octanol–water partition coefficient (Wildman–Crippen LogP) is 16.6. The van der Waals surface area contributed by atoms with Crippen molar-refractivity contribution < 1.29 is 27.2 Å². The number of rotatable bonds is 25. The summed E-state index contributed by atoms with van der Waals surface area (Å²) in [5, 5.41) is 0. The minimum Gasteiger partial charge on any atom is -0.281 e. The van der Waals surface area contributed by atoms with Gasteiger partial charge in [-0.2, -0.15) is 0 Å². The molecule has 0 saturated heterocycles. The van der Waals surface area contributed by atoms with Crippen molar-refractivity contribution in [1.82, 2.24) is 0 Å². The number of benzene rings is 1. The Labute approximate surface area is 337 Å². The molecular weight excluding hydrogens is 710 g/mol. The van der Waals surface area contributed by atoms with Crippen LogP contribution in [-0.2, 0) is 35.5 Å². The van der Waals surface area contributed by atoms with Crippen LogP contribution in [0.3, 0.4) is 0 Å². The van der Waals surface area contributed by atoms with Crippen LogP contribution >= 0.6 is 16.5 Å². The standard InChI is InChI=1S/C24H51O4P.C22H38O2P/c1-19(2,3)16-22(10,11)26-29(25,27-23(12,13)17-20(4,5)6)28-24(14,15)18-21(7,8)9;1-3-5-7-9-11-13-16-20-17-15-19-22(24-25-23)21(20)18-14-12-10-8-6-4-2/h16-18H2,1-15H3;15,17,19,25H,3-14,16,18H2,1-2H3/q;+1. The van der Waals surface area contributed by atoms with Gasteiger partial charge in [-0.3, -0.25) is 18.1 Å². The SMILES string of the molecule is CC(C)(C)CC(C)(C)OP(=O)(OC(C)(C)CC(C)(C)C)OC(C)(C)CC(C)(C)C.CCCCCCCCc1cccc(O[PH+]=O)c1CCCCCCCC. The number of phosphoric acid groups is 1. The molecule has 54 heavy (non-hydrogen) atoms. The van der Waals surface area contributed by atoms with Crippen LogP contribution in [0.1, 0.15) is 225 Å². The topological polar surface area (TPSA) is 71.1 Å². The van der Waals surface area contributed by atoms with Crippen LogP contribution in [-0.4, -0.2) is 16.8 Å². The summed E-state index contributed by atoms with van der Waals surface area (Å²) in [6.45, 7) is 35.7. The first-order valence-corrected chi connectivity index (χ1v) is 23.7. The summed E-state index contributed by atoms with van der Waals surface area (Å²) in [5.74, 6) is 0.838. The van der Waals surface area contributed by atoms with Crippen LogP contribution in [0.15, 0.2) is 18.2 Å². The number of aryl methyl sites for hydroxylation is 1. The smallest absolute Gasteiger partial charge is 0.281 e. The Hall–Kier alpha value is -0.770. The van der Waals surface area contributed by atoms with E-state index in [0.717, 1.165) is 37.9 Å². The highest BCUT2D eigenvalue weighted by molar-refractivity contribution is 7.48. The first-order chi connectivity index (χ1) is 24.6. The maximum atomic E-state index is 14.1. The maximum Gasteiger partial charge on any atom is 0.542 e. The molecule has 0 spiro atoms. The van der Waals surface area contributed by atoms with Gasteiger partial charge in [-0.05, 0) is 119 Å². The van der Waals surface area contributed by atoms with Crippen LogP contribution in [0.2, 0.25) is 0 Å². The molecule has 8 heteroatoms. The lowest BCUT2D eigenvalue weighted by Gasteiger charge is -2.42. The summed E-state index contributed by atoms with van der Waals surface area (Å²) in [5.41, 5.74) is 0.827. The lowest BCUT2D eigenvalue weighted by molar-refractivity contribution is -0.0649. The molecule has 6 nitrogen and oxygen atoms in total. The predicted molar refractivity (Wildman–Crippen MR) is 236 cm³/mol. The molecule has 0 aromatic heterocycles.